The van der Waals surface area contributed by atoms with E-state index in [9.17, 15) is 0 Å². The minimum Gasteiger partial charge on any atom is -0.198 e. The highest BCUT2D eigenvalue weighted by Crippen LogP contribution is 2.18. The molecule has 0 bridgehead atoms. The van der Waals surface area contributed by atoms with Crippen molar-refractivity contribution in [3.8, 4) is 6.07 Å². The summed E-state index contributed by atoms with van der Waals surface area (Å²) in [5.74, 6) is 0. The Hall–Kier alpha value is -1.03. The first-order valence-corrected chi connectivity index (χ1v) is 3.31. The van der Waals surface area contributed by atoms with E-state index in [1.165, 1.54) is 0 Å². The molecule has 1 heteroatoms. The molecule has 0 atom stereocenters. The molecule has 0 fully saturated rings. The summed E-state index contributed by atoms with van der Waals surface area (Å²) >= 11 is 0. The third kappa shape index (κ3) is 3.91. The van der Waals surface area contributed by atoms with Crippen LogP contribution in [0, 0.1) is 16.7 Å². The average Bonchev–Trinajstić information content (AvgIpc) is 1.89. The molecule has 0 heterocycles. The predicted octanol–water partition coefficient (Wildman–Crippen LogP) is 2.67. The largest absolute Gasteiger partial charge is 0.198 e. The van der Waals surface area contributed by atoms with Crippen LogP contribution in [0.5, 0.6) is 0 Å². The second-order valence-corrected chi connectivity index (χ2v) is 2.86. The maximum atomic E-state index is 8.58. The summed E-state index contributed by atoms with van der Waals surface area (Å²) in [7, 11) is 0. The first-order chi connectivity index (χ1) is 4.62. The fraction of sp³-hybridized carbons (Fsp3) is 0.444. The van der Waals surface area contributed by atoms with Crippen LogP contribution < -0.4 is 0 Å². The lowest BCUT2D eigenvalue weighted by Gasteiger charge is -2.10. The van der Waals surface area contributed by atoms with Crippen LogP contribution in [0.1, 0.15) is 20.3 Å². The van der Waals surface area contributed by atoms with Gasteiger partial charge in [-0.2, -0.15) is 5.26 Å². The van der Waals surface area contributed by atoms with E-state index in [0.29, 0.717) is 0 Å². The Morgan fingerprint density at radius 2 is 2.20 bits per heavy atom. The van der Waals surface area contributed by atoms with Crippen molar-refractivity contribution >= 4 is 0 Å². The van der Waals surface area contributed by atoms with Crippen LogP contribution in [0.15, 0.2) is 24.8 Å². The van der Waals surface area contributed by atoms with Crippen LogP contribution in [0.2, 0.25) is 0 Å². The average molecular weight is 135 g/mol. The molecule has 0 aliphatic rings. The van der Waals surface area contributed by atoms with Crippen LogP contribution in [0.25, 0.3) is 0 Å². The number of hydrogen-bond donors (Lipinski definition) is 0. The van der Waals surface area contributed by atoms with Gasteiger partial charge in [-0.15, -0.1) is 0 Å². The van der Waals surface area contributed by atoms with Gasteiger partial charge in [0.1, 0.15) is 0 Å². The summed E-state index contributed by atoms with van der Waals surface area (Å²) in [6.07, 6.45) is 6.32. The molecule has 0 aromatic rings. The Kier molecular flexibility index (Phi) is 3.49. The number of nitriles is 1. The number of rotatable bonds is 3. The summed E-state index contributed by atoms with van der Waals surface area (Å²) in [5.41, 5.74) is -0.237. The van der Waals surface area contributed by atoms with Crippen molar-refractivity contribution in [1.82, 2.24) is 0 Å². The molecule has 54 valence electrons. The third-order valence-corrected chi connectivity index (χ3v) is 1.20. The number of allylic oxidation sites excluding steroid dienone is 3. The van der Waals surface area contributed by atoms with E-state index < -0.39 is 0 Å². The van der Waals surface area contributed by atoms with Crippen molar-refractivity contribution in [3.05, 3.63) is 24.8 Å². The van der Waals surface area contributed by atoms with Gasteiger partial charge in [0, 0.05) is 0 Å². The first-order valence-electron chi connectivity index (χ1n) is 3.31. The van der Waals surface area contributed by atoms with E-state index in [4.69, 9.17) is 5.26 Å². The zero-order valence-corrected chi connectivity index (χ0v) is 6.59. The molecule has 0 rings (SSSR count). The van der Waals surface area contributed by atoms with Crippen molar-refractivity contribution in [2.45, 2.75) is 20.3 Å². The molecular formula is C9H13N. The first kappa shape index (κ1) is 8.97. The third-order valence-electron chi connectivity index (χ3n) is 1.20. The SMILES string of the molecule is C=C/C=C/CC(C)(C)C#N. The van der Waals surface area contributed by atoms with Gasteiger partial charge in [0.25, 0.3) is 0 Å². The van der Waals surface area contributed by atoms with Gasteiger partial charge in [-0.3, -0.25) is 0 Å². The minimum atomic E-state index is -0.237. The number of hydrogen-bond acceptors (Lipinski definition) is 1. The fourth-order valence-corrected chi connectivity index (χ4v) is 0.505. The molecule has 0 aromatic carbocycles. The second-order valence-electron chi connectivity index (χ2n) is 2.86. The molecule has 0 aliphatic heterocycles. The Morgan fingerprint density at radius 1 is 1.60 bits per heavy atom. The Labute approximate surface area is 62.7 Å². The minimum absolute atomic E-state index is 0.237. The van der Waals surface area contributed by atoms with Gasteiger partial charge in [-0.25, -0.2) is 0 Å². The molecule has 0 aliphatic carbocycles. The maximum Gasteiger partial charge on any atom is 0.0687 e. The Bertz CT molecular complexity index is 170. The Morgan fingerprint density at radius 3 is 2.60 bits per heavy atom. The van der Waals surface area contributed by atoms with Crippen molar-refractivity contribution < 1.29 is 0 Å². The second kappa shape index (κ2) is 3.90. The van der Waals surface area contributed by atoms with Gasteiger partial charge in [0.2, 0.25) is 0 Å². The van der Waals surface area contributed by atoms with Gasteiger partial charge in [0.15, 0.2) is 0 Å². The standard InChI is InChI=1S/C9H13N/c1-4-5-6-7-9(2,3)8-10/h4-6H,1,7H2,2-3H3/b6-5+. The molecule has 1 nitrogen and oxygen atoms in total. The van der Waals surface area contributed by atoms with E-state index in [0.717, 1.165) is 6.42 Å². The van der Waals surface area contributed by atoms with E-state index >= 15 is 0 Å². The van der Waals surface area contributed by atoms with E-state index in [1.54, 1.807) is 6.08 Å². The summed E-state index contributed by atoms with van der Waals surface area (Å²) in [6.45, 7) is 7.37. The molecule has 0 unspecified atom stereocenters. The lowest BCUT2D eigenvalue weighted by molar-refractivity contribution is 0.505. The van der Waals surface area contributed by atoms with Gasteiger partial charge in [-0.1, -0.05) is 24.8 Å². The zero-order chi connectivity index (χ0) is 8.04. The Balaban J connectivity index is 3.81. The summed E-state index contributed by atoms with van der Waals surface area (Å²) in [5, 5.41) is 8.58. The monoisotopic (exact) mass is 135 g/mol. The quantitative estimate of drug-likeness (QED) is 0.546. The lowest BCUT2D eigenvalue weighted by Crippen LogP contribution is -2.04. The molecule has 0 amide bonds. The lowest BCUT2D eigenvalue weighted by atomic mass is 9.91. The summed E-state index contributed by atoms with van der Waals surface area (Å²) < 4.78 is 0. The topological polar surface area (TPSA) is 23.8 Å². The van der Waals surface area contributed by atoms with Crippen LogP contribution in [0.3, 0.4) is 0 Å². The van der Waals surface area contributed by atoms with Crippen molar-refractivity contribution in [1.29, 1.82) is 5.26 Å². The van der Waals surface area contributed by atoms with Crippen LogP contribution >= 0.6 is 0 Å². The van der Waals surface area contributed by atoms with Crippen molar-refractivity contribution in [2.75, 3.05) is 0 Å². The van der Waals surface area contributed by atoms with Crippen molar-refractivity contribution in [2.24, 2.45) is 5.41 Å². The van der Waals surface area contributed by atoms with Crippen LogP contribution in [-0.2, 0) is 0 Å². The molecular weight excluding hydrogens is 122 g/mol. The molecule has 0 aromatic heterocycles. The van der Waals surface area contributed by atoms with E-state index in [1.807, 2.05) is 26.0 Å². The zero-order valence-electron chi connectivity index (χ0n) is 6.59. The van der Waals surface area contributed by atoms with E-state index in [-0.39, 0.29) is 5.41 Å². The highest BCUT2D eigenvalue weighted by molar-refractivity contribution is 5.03. The molecule has 0 spiro atoms. The van der Waals surface area contributed by atoms with Gasteiger partial charge in [0.05, 0.1) is 11.5 Å². The predicted molar refractivity (Wildman–Crippen MR) is 43.3 cm³/mol. The van der Waals surface area contributed by atoms with Gasteiger partial charge in [-0.05, 0) is 20.3 Å². The van der Waals surface area contributed by atoms with Crippen molar-refractivity contribution in [3.63, 3.8) is 0 Å². The normalized spacial score (nSPS) is 11.3. The summed E-state index contributed by atoms with van der Waals surface area (Å²) in [4.78, 5) is 0. The molecule has 0 saturated carbocycles. The number of nitrogens with zero attached hydrogens (tertiary/aromatic N) is 1. The smallest absolute Gasteiger partial charge is 0.0687 e. The maximum absolute atomic E-state index is 8.58. The van der Waals surface area contributed by atoms with Gasteiger partial charge < -0.3 is 0 Å². The van der Waals surface area contributed by atoms with Crippen LogP contribution in [0.4, 0.5) is 0 Å². The molecule has 0 saturated heterocycles. The molecule has 10 heavy (non-hydrogen) atoms. The summed E-state index contributed by atoms with van der Waals surface area (Å²) in [6, 6.07) is 2.21. The highest BCUT2D eigenvalue weighted by atomic mass is 14.3. The fourth-order valence-electron chi connectivity index (χ4n) is 0.505. The van der Waals surface area contributed by atoms with Gasteiger partial charge >= 0.3 is 0 Å². The highest BCUT2D eigenvalue weighted by Gasteiger charge is 2.12. The van der Waals surface area contributed by atoms with Crippen LogP contribution in [-0.4, -0.2) is 0 Å². The molecule has 0 radical (unpaired) electrons. The van der Waals surface area contributed by atoms with E-state index in [2.05, 4.69) is 12.6 Å². The molecule has 0 N–H and O–H groups in total.